The summed E-state index contributed by atoms with van der Waals surface area (Å²) in [7, 11) is 1.59. The van der Waals surface area contributed by atoms with Gasteiger partial charge in [-0.2, -0.15) is 0 Å². The van der Waals surface area contributed by atoms with Crippen LogP contribution >= 0.6 is 0 Å². The van der Waals surface area contributed by atoms with E-state index >= 15 is 0 Å². The number of hydrogen-bond donors (Lipinski definition) is 2. The Hall–Kier alpha value is -2.60. The molecule has 1 saturated heterocycles. The first kappa shape index (κ1) is 17.2. The van der Waals surface area contributed by atoms with Gasteiger partial charge in [0.05, 0.1) is 13.2 Å². The van der Waals surface area contributed by atoms with Gasteiger partial charge in [0.2, 0.25) is 0 Å². The lowest BCUT2D eigenvalue weighted by Crippen LogP contribution is -2.48. The third kappa shape index (κ3) is 3.17. The van der Waals surface area contributed by atoms with Crippen LogP contribution in [-0.2, 0) is 5.60 Å². The Labute approximate surface area is 146 Å². The smallest absolute Gasteiger partial charge is 0.276 e. The molecule has 6 nitrogen and oxygen atoms in total. The van der Waals surface area contributed by atoms with Gasteiger partial charge in [0, 0.05) is 12.7 Å². The van der Waals surface area contributed by atoms with Crippen molar-refractivity contribution < 1.29 is 19.7 Å². The monoisotopic (exact) mass is 342 g/mol. The van der Waals surface area contributed by atoms with Gasteiger partial charge in [-0.05, 0) is 49.6 Å². The maximum absolute atomic E-state index is 12.8. The first-order chi connectivity index (χ1) is 11.9. The Bertz CT molecular complexity index is 758. The summed E-state index contributed by atoms with van der Waals surface area (Å²) in [6, 6.07) is 9.80. The van der Waals surface area contributed by atoms with Gasteiger partial charge in [0.15, 0.2) is 5.69 Å². The minimum atomic E-state index is -1.22. The molecule has 2 N–H and O–H groups in total. The number of aromatic nitrogens is 1. The van der Waals surface area contributed by atoms with Gasteiger partial charge >= 0.3 is 0 Å². The molecule has 25 heavy (non-hydrogen) atoms. The summed E-state index contributed by atoms with van der Waals surface area (Å²) in [5, 5.41) is 21.1. The van der Waals surface area contributed by atoms with Crippen molar-refractivity contribution in [3.05, 3.63) is 53.9 Å². The molecule has 0 bridgehead atoms. The van der Waals surface area contributed by atoms with Gasteiger partial charge in [0.1, 0.15) is 17.1 Å². The van der Waals surface area contributed by atoms with E-state index in [1.165, 1.54) is 12.3 Å². The maximum atomic E-state index is 12.8. The number of likely N-dealkylation sites (tertiary alicyclic amines) is 1. The summed E-state index contributed by atoms with van der Waals surface area (Å²) in [5.41, 5.74) is -0.494. The molecule has 2 aromatic rings. The lowest BCUT2D eigenvalue weighted by atomic mass is 9.86. The molecule has 0 saturated carbocycles. The Balaban J connectivity index is 1.89. The average Bonchev–Trinajstić information content (AvgIpc) is 3.12. The van der Waals surface area contributed by atoms with E-state index in [0.717, 1.165) is 6.42 Å². The first-order valence-corrected chi connectivity index (χ1v) is 8.27. The van der Waals surface area contributed by atoms with Crippen molar-refractivity contribution in [3.63, 3.8) is 0 Å². The number of methoxy groups -OCH3 is 1. The number of nitrogens with zero attached hydrogens (tertiary/aromatic N) is 2. The number of aromatic hydroxyl groups is 1. The number of hydrogen-bond acceptors (Lipinski definition) is 5. The van der Waals surface area contributed by atoms with Crippen LogP contribution in [-0.4, -0.2) is 45.7 Å². The highest BCUT2D eigenvalue weighted by Gasteiger charge is 2.43. The lowest BCUT2D eigenvalue weighted by molar-refractivity contribution is -0.0180. The molecule has 2 atom stereocenters. The number of benzene rings is 1. The zero-order chi connectivity index (χ0) is 18.0. The molecule has 3 rings (SSSR count). The minimum Gasteiger partial charge on any atom is -0.505 e. The fourth-order valence-electron chi connectivity index (χ4n) is 3.41. The molecule has 132 valence electrons. The highest BCUT2D eigenvalue weighted by atomic mass is 16.5. The number of aliphatic hydroxyl groups is 1. The Kier molecular flexibility index (Phi) is 4.63. The second-order valence-corrected chi connectivity index (χ2v) is 6.40. The van der Waals surface area contributed by atoms with Crippen molar-refractivity contribution in [1.82, 2.24) is 9.88 Å². The van der Waals surface area contributed by atoms with Crippen LogP contribution in [0.2, 0.25) is 0 Å². The second kappa shape index (κ2) is 6.72. The maximum Gasteiger partial charge on any atom is 0.276 e. The van der Waals surface area contributed by atoms with Crippen LogP contribution in [0.1, 0.15) is 35.8 Å². The van der Waals surface area contributed by atoms with Crippen molar-refractivity contribution >= 4 is 5.91 Å². The molecule has 1 aromatic carbocycles. The van der Waals surface area contributed by atoms with E-state index in [1.54, 1.807) is 49.3 Å². The number of rotatable bonds is 4. The quantitative estimate of drug-likeness (QED) is 0.891. The van der Waals surface area contributed by atoms with Crippen molar-refractivity contribution in [3.8, 4) is 11.5 Å². The molecule has 1 aromatic heterocycles. The van der Waals surface area contributed by atoms with Crippen LogP contribution in [0.3, 0.4) is 0 Å². The number of amides is 1. The summed E-state index contributed by atoms with van der Waals surface area (Å²) in [4.78, 5) is 18.4. The van der Waals surface area contributed by atoms with Gasteiger partial charge in [0.25, 0.3) is 5.91 Å². The van der Waals surface area contributed by atoms with E-state index in [0.29, 0.717) is 24.3 Å². The molecule has 1 aliphatic rings. The van der Waals surface area contributed by atoms with Gasteiger partial charge in [-0.15, -0.1) is 0 Å². The fourth-order valence-corrected chi connectivity index (χ4v) is 3.41. The van der Waals surface area contributed by atoms with Gasteiger partial charge in [-0.1, -0.05) is 12.1 Å². The summed E-state index contributed by atoms with van der Waals surface area (Å²) >= 11 is 0. The van der Waals surface area contributed by atoms with Crippen LogP contribution in [0.15, 0.2) is 42.6 Å². The van der Waals surface area contributed by atoms with Crippen LogP contribution < -0.4 is 4.74 Å². The number of ether oxygens (including phenoxy) is 1. The summed E-state index contributed by atoms with van der Waals surface area (Å²) in [5.74, 6) is 0.189. The number of carbonyl (C=O) groups is 1. The molecule has 2 unspecified atom stereocenters. The predicted octanol–water partition coefficient (Wildman–Crippen LogP) is 2.31. The van der Waals surface area contributed by atoms with E-state index in [4.69, 9.17) is 4.74 Å². The Morgan fingerprint density at radius 2 is 2.04 bits per heavy atom. The molecule has 1 amide bonds. The molecular weight excluding hydrogens is 320 g/mol. The lowest BCUT2D eigenvalue weighted by Gasteiger charge is -2.37. The normalized spacial score (nSPS) is 19.5. The summed E-state index contributed by atoms with van der Waals surface area (Å²) in [6.07, 6.45) is 2.94. The van der Waals surface area contributed by atoms with Gasteiger partial charge in [-0.3, -0.25) is 4.79 Å². The topological polar surface area (TPSA) is 82.9 Å². The first-order valence-electron chi connectivity index (χ1n) is 8.27. The van der Waals surface area contributed by atoms with E-state index in [1.807, 2.05) is 0 Å². The third-order valence-corrected chi connectivity index (χ3v) is 4.83. The summed E-state index contributed by atoms with van der Waals surface area (Å²) in [6.45, 7) is 2.23. The minimum absolute atomic E-state index is 0.0138. The zero-order valence-corrected chi connectivity index (χ0v) is 14.3. The Morgan fingerprint density at radius 1 is 1.32 bits per heavy atom. The molecular formula is C19H22N2O4. The summed E-state index contributed by atoms with van der Waals surface area (Å²) < 4.78 is 5.16. The highest BCUT2D eigenvalue weighted by Crippen LogP contribution is 2.36. The van der Waals surface area contributed by atoms with Crippen molar-refractivity contribution in [2.75, 3.05) is 13.7 Å². The largest absolute Gasteiger partial charge is 0.505 e. The molecule has 1 aliphatic heterocycles. The van der Waals surface area contributed by atoms with Crippen LogP contribution in [0.25, 0.3) is 0 Å². The predicted molar refractivity (Wildman–Crippen MR) is 92.5 cm³/mol. The SMILES string of the molecule is COc1ccc(C(C)(O)C2CCCN2C(=O)c2ncccc2O)cc1. The van der Waals surface area contributed by atoms with E-state index in [2.05, 4.69) is 4.98 Å². The molecule has 0 aliphatic carbocycles. The van der Waals surface area contributed by atoms with Gasteiger partial charge in [-0.25, -0.2) is 4.98 Å². The fraction of sp³-hybridized carbons (Fsp3) is 0.368. The van der Waals surface area contributed by atoms with Gasteiger partial charge < -0.3 is 19.8 Å². The van der Waals surface area contributed by atoms with Crippen LogP contribution in [0.4, 0.5) is 0 Å². The third-order valence-electron chi connectivity index (χ3n) is 4.83. The second-order valence-electron chi connectivity index (χ2n) is 6.40. The molecule has 1 fully saturated rings. The van der Waals surface area contributed by atoms with Crippen LogP contribution in [0, 0.1) is 0 Å². The molecule has 0 radical (unpaired) electrons. The van der Waals surface area contributed by atoms with E-state index < -0.39 is 11.6 Å². The van der Waals surface area contributed by atoms with E-state index in [-0.39, 0.29) is 17.4 Å². The van der Waals surface area contributed by atoms with E-state index in [9.17, 15) is 15.0 Å². The average molecular weight is 342 g/mol. The van der Waals surface area contributed by atoms with Crippen molar-refractivity contribution in [2.45, 2.75) is 31.4 Å². The zero-order valence-electron chi connectivity index (χ0n) is 14.3. The number of carbonyl (C=O) groups excluding carboxylic acids is 1. The van der Waals surface area contributed by atoms with Crippen molar-refractivity contribution in [1.29, 1.82) is 0 Å². The highest BCUT2D eigenvalue weighted by molar-refractivity contribution is 5.95. The Morgan fingerprint density at radius 3 is 2.68 bits per heavy atom. The van der Waals surface area contributed by atoms with Crippen molar-refractivity contribution in [2.24, 2.45) is 0 Å². The molecule has 0 spiro atoms. The number of pyridine rings is 1. The molecule has 2 heterocycles. The molecule has 6 heteroatoms. The standard InChI is InChI=1S/C19H22N2O4/c1-19(24,13-7-9-14(25-2)10-8-13)16-6-4-12-21(16)18(23)17-15(22)5-3-11-20-17/h3,5,7-11,16,22,24H,4,6,12H2,1-2H3. The van der Waals surface area contributed by atoms with Crippen LogP contribution in [0.5, 0.6) is 11.5 Å².